The van der Waals surface area contributed by atoms with E-state index in [1.165, 1.54) is 0 Å². The van der Waals surface area contributed by atoms with E-state index in [9.17, 15) is 4.79 Å². The highest BCUT2D eigenvalue weighted by Crippen LogP contribution is 2.31. The van der Waals surface area contributed by atoms with Crippen molar-refractivity contribution in [2.75, 3.05) is 44.3 Å². The fourth-order valence-electron chi connectivity index (χ4n) is 3.64. The van der Waals surface area contributed by atoms with Crippen molar-refractivity contribution in [1.82, 2.24) is 9.88 Å². The number of carbonyl (C=O) groups is 1. The first-order valence-corrected chi connectivity index (χ1v) is 11.6. The van der Waals surface area contributed by atoms with Crippen molar-refractivity contribution in [2.45, 2.75) is 26.9 Å². The first-order valence-electron chi connectivity index (χ1n) is 10.8. The summed E-state index contributed by atoms with van der Waals surface area (Å²) in [5, 5.41) is 0.741. The predicted molar refractivity (Wildman–Crippen MR) is 125 cm³/mol. The first kappa shape index (κ1) is 21.7. The van der Waals surface area contributed by atoms with Crippen molar-refractivity contribution in [3.8, 4) is 5.75 Å². The van der Waals surface area contributed by atoms with Crippen LogP contribution in [0.1, 0.15) is 29.8 Å². The molecule has 0 N–H and O–H groups in total. The number of amides is 1. The highest BCUT2D eigenvalue weighted by molar-refractivity contribution is 7.22. The van der Waals surface area contributed by atoms with Gasteiger partial charge in [0, 0.05) is 31.7 Å². The van der Waals surface area contributed by atoms with E-state index in [0.29, 0.717) is 12.1 Å². The van der Waals surface area contributed by atoms with E-state index in [2.05, 4.69) is 24.0 Å². The van der Waals surface area contributed by atoms with E-state index in [1.807, 2.05) is 49.1 Å². The minimum Gasteiger partial charge on any atom is -0.491 e. The average molecular weight is 440 g/mol. The Labute approximate surface area is 187 Å². The molecule has 0 atom stereocenters. The zero-order chi connectivity index (χ0) is 21.8. The topological polar surface area (TPSA) is 54.9 Å². The first-order chi connectivity index (χ1) is 15.0. The fourth-order valence-corrected chi connectivity index (χ4v) is 4.71. The summed E-state index contributed by atoms with van der Waals surface area (Å²) in [5.41, 5.74) is 2.72. The molecule has 7 heteroatoms. The van der Waals surface area contributed by atoms with Crippen LogP contribution >= 0.6 is 11.3 Å². The van der Waals surface area contributed by atoms with Crippen molar-refractivity contribution < 1.29 is 14.3 Å². The normalized spacial score (nSPS) is 14.8. The Hall–Kier alpha value is -2.48. The Bertz CT molecular complexity index is 1030. The second-order valence-electron chi connectivity index (χ2n) is 8.02. The molecule has 0 radical (unpaired) electrons. The summed E-state index contributed by atoms with van der Waals surface area (Å²) in [4.78, 5) is 22.5. The number of nitrogens with zero attached hydrogens (tertiary/aromatic N) is 3. The van der Waals surface area contributed by atoms with Crippen LogP contribution in [0.5, 0.6) is 5.75 Å². The number of fused-ring (bicyclic) bond motifs is 1. The molecule has 1 aromatic heterocycles. The molecular formula is C24H29N3O3S. The number of anilines is 1. The van der Waals surface area contributed by atoms with Gasteiger partial charge in [0.15, 0.2) is 5.13 Å². The molecule has 1 saturated heterocycles. The van der Waals surface area contributed by atoms with Crippen LogP contribution in [0.15, 0.2) is 42.5 Å². The Morgan fingerprint density at radius 1 is 1.19 bits per heavy atom. The smallest absolute Gasteiger partial charge is 0.260 e. The standard InChI is InChI=1S/C24H29N3O3S/c1-17(2)30-20-9-7-19(8-10-20)23(28)27(12-11-26-13-15-29-16-14-26)24-25-22-18(3)5-4-6-21(22)31-24/h4-10,17H,11-16H2,1-3H3. The van der Waals surface area contributed by atoms with Crippen molar-refractivity contribution in [3.63, 3.8) is 0 Å². The predicted octanol–water partition coefficient (Wildman–Crippen LogP) is 4.37. The number of hydrogen-bond acceptors (Lipinski definition) is 6. The molecule has 6 nitrogen and oxygen atoms in total. The molecule has 164 valence electrons. The molecule has 0 unspecified atom stereocenters. The number of aromatic nitrogens is 1. The van der Waals surface area contributed by atoms with E-state index < -0.39 is 0 Å². The Balaban J connectivity index is 1.60. The maximum atomic E-state index is 13.5. The summed E-state index contributed by atoms with van der Waals surface area (Å²) >= 11 is 1.57. The molecule has 2 aromatic carbocycles. The second kappa shape index (κ2) is 9.77. The lowest BCUT2D eigenvalue weighted by Gasteiger charge is -2.29. The molecule has 4 rings (SSSR count). The summed E-state index contributed by atoms with van der Waals surface area (Å²) in [6.45, 7) is 10.7. The van der Waals surface area contributed by atoms with Gasteiger partial charge in [-0.15, -0.1) is 0 Å². The summed E-state index contributed by atoms with van der Waals surface area (Å²) in [6, 6.07) is 13.5. The maximum absolute atomic E-state index is 13.5. The molecule has 1 aliphatic rings. The van der Waals surface area contributed by atoms with Crippen molar-refractivity contribution >= 4 is 32.6 Å². The van der Waals surface area contributed by atoms with E-state index >= 15 is 0 Å². The molecule has 2 heterocycles. The molecule has 3 aromatic rings. The number of morpholine rings is 1. The van der Waals surface area contributed by atoms with Gasteiger partial charge in [-0.2, -0.15) is 0 Å². The lowest BCUT2D eigenvalue weighted by atomic mass is 10.2. The Morgan fingerprint density at radius 3 is 2.61 bits per heavy atom. The van der Waals surface area contributed by atoms with Crippen LogP contribution in [0.25, 0.3) is 10.2 Å². The van der Waals surface area contributed by atoms with Gasteiger partial charge in [0.25, 0.3) is 5.91 Å². The summed E-state index contributed by atoms with van der Waals surface area (Å²) in [7, 11) is 0. The van der Waals surface area contributed by atoms with Crippen molar-refractivity contribution in [1.29, 1.82) is 0 Å². The summed E-state index contributed by atoms with van der Waals surface area (Å²) < 4.78 is 12.3. The fraction of sp³-hybridized carbons (Fsp3) is 0.417. The van der Waals surface area contributed by atoms with Crippen LogP contribution in [0.2, 0.25) is 0 Å². The van der Waals surface area contributed by atoms with Crippen molar-refractivity contribution in [2.24, 2.45) is 0 Å². The molecule has 1 aliphatic heterocycles. The molecule has 1 amide bonds. The number of para-hydroxylation sites is 1. The molecule has 0 saturated carbocycles. The number of aryl methyl sites for hydroxylation is 1. The summed E-state index contributed by atoms with van der Waals surface area (Å²) in [5.74, 6) is 0.725. The minimum atomic E-state index is -0.0407. The van der Waals surface area contributed by atoms with Crippen molar-refractivity contribution in [3.05, 3.63) is 53.6 Å². The van der Waals surface area contributed by atoms with Crippen LogP contribution in [-0.2, 0) is 4.74 Å². The number of thiazole rings is 1. The number of ether oxygens (including phenoxy) is 2. The highest BCUT2D eigenvalue weighted by Gasteiger charge is 2.23. The zero-order valence-corrected chi connectivity index (χ0v) is 19.2. The third-order valence-electron chi connectivity index (χ3n) is 5.30. The molecule has 0 spiro atoms. The van der Waals surface area contributed by atoms with Gasteiger partial charge in [0.2, 0.25) is 0 Å². The van der Waals surface area contributed by atoms with Crippen LogP contribution in [0, 0.1) is 6.92 Å². The van der Waals surface area contributed by atoms with E-state index in [-0.39, 0.29) is 12.0 Å². The van der Waals surface area contributed by atoms with Gasteiger partial charge in [-0.3, -0.25) is 14.6 Å². The van der Waals surface area contributed by atoms with E-state index in [1.54, 1.807) is 11.3 Å². The minimum absolute atomic E-state index is 0.0407. The number of hydrogen-bond donors (Lipinski definition) is 0. The number of carbonyl (C=O) groups excluding carboxylic acids is 1. The molecular weight excluding hydrogens is 410 g/mol. The largest absolute Gasteiger partial charge is 0.491 e. The zero-order valence-electron chi connectivity index (χ0n) is 18.3. The van der Waals surface area contributed by atoms with Gasteiger partial charge in [-0.1, -0.05) is 23.5 Å². The number of benzene rings is 2. The lowest BCUT2D eigenvalue weighted by molar-refractivity contribution is 0.0391. The van der Waals surface area contributed by atoms with Gasteiger partial charge in [0.05, 0.1) is 29.5 Å². The highest BCUT2D eigenvalue weighted by atomic mass is 32.1. The monoisotopic (exact) mass is 439 g/mol. The van der Waals surface area contributed by atoms with E-state index in [0.717, 1.165) is 59.5 Å². The van der Waals surface area contributed by atoms with Crippen LogP contribution in [0.4, 0.5) is 5.13 Å². The van der Waals surface area contributed by atoms with Gasteiger partial charge in [-0.05, 0) is 56.7 Å². The van der Waals surface area contributed by atoms with Crippen LogP contribution in [-0.4, -0.2) is 61.3 Å². The van der Waals surface area contributed by atoms with Gasteiger partial charge < -0.3 is 9.47 Å². The third-order valence-corrected chi connectivity index (χ3v) is 6.35. The lowest BCUT2D eigenvalue weighted by Crippen LogP contribution is -2.43. The van der Waals surface area contributed by atoms with Crippen LogP contribution < -0.4 is 9.64 Å². The van der Waals surface area contributed by atoms with Gasteiger partial charge in [0.1, 0.15) is 5.75 Å². The van der Waals surface area contributed by atoms with Crippen LogP contribution in [0.3, 0.4) is 0 Å². The quantitative estimate of drug-likeness (QED) is 0.547. The number of rotatable bonds is 7. The van der Waals surface area contributed by atoms with E-state index in [4.69, 9.17) is 14.5 Å². The molecule has 1 fully saturated rings. The molecule has 0 bridgehead atoms. The maximum Gasteiger partial charge on any atom is 0.260 e. The Morgan fingerprint density at radius 2 is 1.94 bits per heavy atom. The third kappa shape index (κ3) is 5.23. The average Bonchev–Trinajstić information content (AvgIpc) is 3.20. The Kier molecular flexibility index (Phi) is 6.85. The second-order valence-corrected chi connectivity index (χ2v) is 9.03. The van der Waals surface area contributed by atoms with Gasteiger partial charge >= 0.3 is 0 Å². The molecule has 0 aliphatic carbocycles. The van der Waals surface area contributed by atoms with Gasteiger partial charge in [-0.25, -0.2) is 4.98 Å². The SMILES string of the molecule is Cc1cccc2sc(N(CCN3CCOCC3)C(=O)c3ccc(OC(C)C)cc3)nc12. The molecule has 31 heavy (non-hydrogen) atoms. The summed E-state index contributed by atoms with van der Waals surface area (Å²) in [6.07, 6.45) is 0.0950.